The summed E-state index contributed by atoms with van der Waals surface area (Å²) in [7, 11) is 0. The molecule has 0 aromatic rings. The number of Topliss-reactive ketones (excluding diaryl/α,β-unsaturated/α-hetero) is 1. The van der Waals surface area contributed by atoms with E-state index in [1.54, 1.807) is 6.92 Å². The van der Waals surface area contributed by atoms with Gasteiger partial charge in [-0.05, 0) is 0 Å². The molecule has 0 saturated heterocycles. The van der Waals surface area contributed by atoms with Crippen LogP contribution in [0.1, 0.15) is 34.1 Å². The molecule has 3 heteroatoms. The Morgan fingerprint density at radius 1 is 1.45 bits per heavy atom. The third-order valence-electron chi connectivity index (χ3n) is 1.35. The maximum atomic E-state index is 10.7. The summed E-state index contributed by atoms with van der Waals surface area (Å²) >= 11 is 0. The Morgan fingerprint density at radius 2 is 1.91 bits per heavy atom. The minimum Gasteiger partial charge on any atom is -0.481 e. The molecular formula is C8H16O3. The lowest BCUT2D eigenvalue weighted by molar-refractivity contribution is -0.143. The van der Waals surface area contributed by atoms with Crippen molar-refractivity contribution in [1.29, 1.82) is 0 Å². The number of carbonyl (C=O) groups excluding carboxylic acids is 1. The summed E-state index contributed by atoms with van der Waals surface area (Å²) in [4.78, 5) is 20.9. The summed E-state index contributed by atoms with van der Waals surface area (Å²) in [5.41, 5.74) is 0. The lowest BCUT2D eigenvalue weighted by atomic mass is 10.0. The Kier molecular flexibility index (Phi) is 6.85. The van der Waals surface area contributed by atoms with Gasteiger partial charge < -0.3 is 5.11 Å². The lowest BCUT2D eigenvalue weighted by Gasteiger charge is -2.01. The van der Waals surface area contributed by atoms with E-state index < -0.39 is 11.9 Å². The first-order valence-electron chi connectivity index (χ1n) is 3.32. The Bertz CT molecular complexity index is 140. The quantitative estimate of drug-likeness (QED) is 0.681. The van der Waals surface area contributed by atoms with Crippen molar-refractivity contribution in [2.24, 2.45) is 5.92 Å². The van der Waals surface area contributed by atoms with Crippen LogP contribution >= 0.6 is 0 Å². The first-order valence-corrected chi connectivity index (χ1v) is 3.32. The van der Waals surface area contributed by atoms with Gasteiger partial charge >= 0.3 is 5.97 Å². The molecule has 0 aliphatic carbocycles. The van der Waals surface area contributed by atoms with Crippen LogP contribution in [0.25, 0.3) is 0 Å². The van der Waals surface area contributed by atoms with Crippen molar-refractivity contribution in [3.05, 3.63) is 0 Å². The Labute approximate surface area is 67.4 Å². The topological polar surface area (TPSA) is 54.4 Å². The van der Waals surface area contributed by atoms with Gasteiger partial charge in [0.1, 0.15) is 5.78 Å². The summed E-state index contributed by atoms with van der Waals surface area (Å²) in [6, 6.07) is 0. The van der Waals surface area contributed by atoms with Crippen LogP contribution in [0, 0.1) is 5.92 Å². The van der Waals surface area contributed by atoms with Crippen LogP contribution in [0.3, 0.4) is 0 Å². The molecule has 0 spiro atoms. The molecule has 1 N–H and O–H groups in total. The first kappa shape index (κ1) is 12.8. The molecule has 0 radical (unpaired) electrons. The first-order chi connectivity index (χ1) is 4.57. The normalized spacial score (nSPS) is 11.5. The molecule has 1 unspecified atom stereocenters. The van der Waals surface area contributed by atoms with Crippen molar-refractivity contribution in [1.82, 2.24) is 0 Å². The number of carboxylic acids is 1. The van der Waals surface area contributed by atoms with Gasteiger partial charge in [-0.15, -0.1) is 0 Å². The van der Waals surface area contributed by atoms with Crippen LogP contribution in [0.4, 0.5) is 0 Å². The maximum absolute atomic E-state index is 10.7. The Morgan fingerprint density at radius 3 is 2.18 bits per heavy atom. The number of aliphatic carboxylic acids is 1. The van der Waals surface area contributed by atoms with Crippen molar-refractivity contribution in [3.63, 3.8) is 0 Å². The van der Waals surface area contributed by atoms with E-state index in [-0.39, 0.29) is 19.6 Å². The fourth-order valence-corrected chi connectivity index (χ4v) is 0.573. The molecule has 0 aliphatic heterocycles. The fourth-order valence-electron chi connectivity index (χ4n) is 0.573. The molecular weight excluding hydrogens is 144 g/mol. The van der Waals surface area contributed by atoms with E-state index in [4.69, 9.17) is 5.11 Å². The highest BCUT2D eigenvalue weighted by Gasteiger charge is 2.13. The molecule has 66 valence electrons. The summed E-state index contributed by atoms with van der Waals surface area (Å²) in [5.74, 6) is -1.43. The van der Waals surface area contributed by atoms with Gasteiger partial charge in [-0.1, -0.05) is 21.3 Å². The van der Waals surface area contributed by atoms with Crippen molar-refractivity contribution in [2.45, 2.75) is 34.1 Å². The predicted octanol–water partition coefficient (Wildman–Crippen LogP) is 1.71. The zero-order valence-electron chi connectivity index (χ0n) is 6.26. The summed E-state index contributed by atoms with van der Waals surface area (Å²) in [6.07, 6.45) is 0.587. The van der Waals surface area contributed by atoms with Crippen LogP contribution in [0.2, 0.25) is 0 Å². The highest BCUT2D eigenvalue weighted by Crippen LogP contribution is 2.03. The van der Waals surface area contributed by atoms with E-state index in [1.807, 2.05) is 0 Å². The number of carboxylic acid groups (broad SMARTS) is 1. The molecule has 1 atom stereocenters. The van der Waals surface area contributed by atoms with E-state index in [9.17, 15) is 9.59 Å². The summed E-state index contributed by atoms with van der Waals surface area (Å²) < 4.78 is 0. The second-order valence-electron chi connectivity index (χ2n) is 2.34. The highest BCUT2D eigenvalue weighted by molar-refractivity contribution is 5.83. The zero-order chi connectivity index (χ0) is 8.15. The number of hydrogen-bond acceptors (Lipinski definition) is 2. The largest absolute Gasteiger partial charge is 0.481 e. The van der Waals surface area contributed by atoms with Crippen LogP contribution in [-0.2, 0) is 9.59 Å². The van der Waals surface area contributed by atoms with Gasteiger partial charge in [0.05, 0.1) is 5.92 Å². The van der Waals surface area contributed by atoms with Crippen molar-refractivity contribution in [2.75, 3.05) is 0 Å². The molecule has 0 bridgehead atoms. The van der Waals surface area contributed by atoms with E-state index in [0.717, 1.165) is 0 Å². The van der Waals surface area contributed by atoms with E-state index in [2.05, 4.69) is 0 Å². The standard InChI is InChI=1S/C7H12O3.CH4/c1-3-6(8)4-5(2)7(9)10;/h5H,3-4H2,1-2H3,(H,9,10);1H4. The molecule has 0 saturated carbocycles. The van der Waals surface area contributed by atoms with Crippen LogP contribution < -0.4 is 0 Å². The van der Waals surface area contributed by atoms with Crippen molar-refractivity contribution in [3.8, 4) is 0 Å². The lowest BCUT2D eigenvalue weighted by Crippen LogP contribution is -2.13. The molecule has 0 fully saturated rings. The second-order valence-corrected chi connectivity index (χ2v) is 2.34. The predicted molar refractivity (Wildman–Crippen MR) is 43.4 cm³/mol. The van der Waals surface area contributed by atoms with Gasteiger partial charge in [0.25, 0.3) is 0 Å². The van der Waals surface area contributed by atoms with Gasteiger partial charge in [-0.25, -0.2) is 0 Å². The van der Waals surface area contributed by atoms with E-state index in [0.29, 0.717) is 6.42 Å². The SMILES string of the molecule is C.CCC(=O)CC(C)C(=O)O. The van der Waals surface area contributed by atoms with Crippen LogP contribution in [-0.4, -0.2) is 16.9 Å². The number of hydrogen-bond donors (Lipinski definition) is 1. The smallest absolute Gasteiger partial charge is 0.306 e. The third kappa shape index (κ3) is 5.58. The number of rotatable bonds is 4. The van der Waals surface area contributed by atoms with Gasteiger partial charge in [-0.2, -0.15) is 0 Å². The minimum atomic E-state index is -0.901. The van der Waals surface area contributed by atoms with Crippen LogP contribution in [0.15, 0.2) is 0 Å². The molecule has 3 nitrogen and oxygen atoms in total. The molecule has 11 heavy (non-hydrogen) atoms. The van der Waals surface area contributed by atoms with Crippen molar-refractivity contribution >= 4 is 11.8 Å². The average molecular weight is 160 g/mol. The van der Waals surface area contributed by atoms with Gasteiger partial charge in [-0.3, -0.25) is 9.59 Å². The Balaban J connectivity index is 0. The highest BCUT2D eigenvalue weighted by atomic mass is 16.4. The summed E-state index contributed by atoms with van der Waals surface area (Å²) in [6.45, 7) is 3.27. The van der Waals surface area contributed by atoms with Gasteiger partial charge in [0.2, 0.25) is 0 Å². The molecule has 0 aromatic carbocycles. The van der Waals surface area contributed by atoms with Gasteiger partial charge in [0.15, 0.2) is 0 Å². The van der Waals surface area contributed by atoms with Crippen molar-refractivity contribution < 1.29 is 14.7 Å². The fraction of sp³-hybridized carbons (Fsp3) is 0.750. The van der Waals surface area contributed by atoms with Crippen LogP contribution in [0.5, 0.6) is 0 Å². The minimum absolute atomic E-state index is 0. The molecule has 0 aromatic heterocycles. The molecule has 0 heterocycles. The number of ketones is 1. The average Bonchev–Trinajstić information content (AvgIpc) is 1.87. The maximum Gasteiger partial charge on any atom is 0.306 e. The van der Waals surface area contributed by atoms with E-state index in [1.165, 1.54) is 6.92 Å². The zero-order valence-corrected chi connectivity index (χ0v) is 6.26. The number of carbonyl (C=O) groups is 2. The monoisotopic (exact) mass is 160 g/mol. The Hall–Kier alpha value is -0.860. The second kappa shape index (κ2) is 5.89. The summed E-state index contributed by atoms with van der Waals surface area (Å²) in [5, 5.41) is 8.37. The van der Waals surface area contributed by atoms with E-state index >= 15 is 0 Å². The molecule has 0 rings (SSSR count). The third-order valence-corrected chi connectivity index (χ3v) is 1.35. The molecule has 0 aliphatic rings. The van der Waals surface area contributed by atoms with Gasteiger partial charge in [0, 0.05) is 12.8 Å². The molecule has 0 amide bonds.